The molecule has 19 heavy (non-hydrogen) atoms. The van der Waals surface area contributed by atoms with E-state index in [1.54, 1.807) is 0 Å². The molecule has 0 saturated heterocycles. The van der Waals surface area contributed by atoms with E-state index in [9.17, 15) is 0 Å². The third-order valence-corrected chi connectivity index (χ3v) is 3.92. The number of aromatic nitrogens is 2. The Hall–Kier alpha value is -1.68. The van der Waals surface area contributed by atoms with Crippen LogP contribution in [0.3, 0.4) is 0 Å². The van der Waals surface area contributed by atoms with Crippen LogP contribution < -0.4 is 4.74 Å². The molecule has 0 bridgehead atoms. The van der Waals surface area contributed by atoms with Crippen LogP contribution in [0.25, 0.3) is 11.3 Å². The second kappa shape index (κ2) is 4.78. The van der Waals surface area contributed by atoms with Crippen LogP contribution in [0.15, 0.2) is 18.2 Å². The highest BCUT2D eigenvalue weighted by atomic mass is 32.1. The first-order chi connectivity index (χ1) is 9.20. The van der Waals surface area contributed by atoms with Crippen molar-refractivity contribution >= 4 is 12.2 Å². The fourth-order valence-corrected chi connectivity index (χ4v) is 2.64. The van der Waals surface area contributed by atoms with Gasteiger partial charge in [-0.15, -0.1) is 0 Å². The van der Waals surface area contributed by atoms with E-state index in [4.69, 9.17) is 17.0 Å². The summed E-state index contributed by atoms with van der Waals surface area (Å²) in [5, 5.41) is 0. The summed E-state index contributed by atoms with van der Waals surface area (Å²) < 4.78 is 6.45. The standard InChI is InChI=1S/C15H16N2OS/c1-3-12-16-13(9(2)15(19)17-12)11-6-4-5-10-7-8-18-14(10)11/h4-6H,3,7-8H2,1-2H3,(H,16,17,19). The zero-order valence-corrected chi connectivity index (χ0v) is 11.9. The largest absolute Gasteiger partial charge is 0.492 e. The topological polar surface area (TPSA) is 37.9 Å². The van der Waals surface area contributed by atoms with Gasteiger partial charge in [0, 0.05) is 24.0 Å². The third-order valence-electron chi connectivity index (χ3n) is 3.52. The smallest absolute Gasteiger partial charge is 0.133 e. The molecule has 2 aromatic rings. The Kier molecular flexibility index (Phi) is 3.11. The van der Waals surface area contributed by atoms with Crippen molar-refractivity contribution in [1.29, 1.82) is 0 Å². The van der Waals surface area contributed by atoms with Crippen molar-refractivity contribution in [3.8, 4) is 17.0 Å². The SMILES string of the molecule is CCc1nc(=S)c(C)c(-c2cccc3c2OCC3)[nH]1. The normalized spacial score (nSPS) is 13.2. The Labute approximate surface area is 117 Å². The first kappa shape index (κ1) is 12.4. The molecule has 0 aliphatic carbocycles. The quantitative estimate of drug-likeness (QED) is 0.849. The summed E-state index contributed by atoms with van der Waals surface area (Å²) in [6.45, 7) is 4.84. The zero-order valence-electron chi connectivity index (χ0n) is 11.1. The molecule has 2 heterocycles. The molecular weight excluding hydrogens is 256 g/mol. The maximum Gasteiger partial charge on any atom is 0.133 e. The summed E-state index contributed by atoms with van der Waals surface area (Å²) in [5.41, 5.74) is 4.41. The van der Waals surface area contributed by atoms with Crippen molar-refractivity contribution in [2.45, 2.75) is 26.7 Å². The van der Waals surface area contributed by atoms with Gasteiger partial charge >= 0.3 is 0 Å². The lowest BCUT2D eigenvalue weighted by atomic mass is 10.0. The molecule has 1 aromatic heterocycles. The molecule has 0 unspecified atom stereocenters. The number of H-pyrrole nitrogens is 1. The van der Waals surface area contributed by atoms with Crippen molar-refractivity contribution in [2.24, 2.45) is 0 Å². The molecule has 98 valence electrons. The summed E-state index contributed by atoms with van der Waals surface area (Å²) in [7, 11) is 0. The van der Waals surface area contributed by atoms with E-state index in [1.165, 1.54) is 5.56 Å². The van der Waals surface area contributed by atoms with Gasteiger partial charge in [0.2, 0.25) is 0 Å². The minimum absolute atomic E-state index is 0.668. The number of ether oxygens (including phenoxy) is 1. The Balaban J connectivity index is 2.26. The summed E-state index contributed by atoms with van der Waals surface area (Å²) >= 11 is 5.35. The first-order valence-corrected chi connectivity index (χ1v) is 6.96. The maximum atomic E-state index is 5.78. The molecule has 1 aliphatic rings. The summed E-state index contributed by atoms with van der Waals surface area (Å²) in [4.78, 5) is 7.78. The molecule has 1 aromatic carbocycles. The second-order valence-electron chi connectivity index (χ2n) is 4.73. The second-order valence-corrected chi connectivity index (χ2v) is 5.12. The Morgan fingerprint density at radius 3 is 3.05 bits per heavy atom. The lowest BCUT2D eigenvalue weighted by Gasteiger charge is -2.12. The van der Waals surface area contributed by atoms with Gasteiger partial charge in [-0.25, -0.2) is 4.98 Å². The highest BCUT2D eigenvalue weighted by molar-refractivity contribution is 7.71. The van der Waals surface area contributed by atoms with E-state index in [2.05, 4.69) is 35.1 Å². The van der Waals surface area contributed by atoms with Crippen molar-refractivity contribution in [3.63, 3.8) is 0 Å². The number of hydrogen-bond donors (Lipinski definition) is 1. The molecule has 3 rings (SSSR count). The molecule has 1 aliphatic heterocycles. The van der Waals surface area contributed by atoms with E-state index >= 15 is 0 Å². The molecule has 0 radical (unpaired) electrons. The van der Waals surface area contributed by atoms with E-state index in [-0.39, 0.29) is 0 Å². The van der Waals surface area contributed by atoms with Gasteiger partial charge in [0.25, 0.3) is 0 Å². The maximum absolute atomic E-state index is 5.78. The summed E-state index contributed by atoms with van der Waals surface area (Å²) in [5.74, 6) is 1.91. The van der Waals surface area contributed by atoms with Gasteiger partial charge in [-0.2, -0.15) is 0 Å². The molecule has 1 N–H and O–H groups in total. The van der Waals surface area contributed by atoms with E-state index in [0.717, 1.165) is 47.8 Å². The minimum Gasteiger partial charge on any atom is -0.492 e. The van der Waals surface area contributed by atoms with Gasteiger partial charge in [0.15, 0.2) is 0 Å². The van der Waals surface area contributed by atoms with Gasteiger partial charge in [-0.1, -0.05) is 31.3 Å². The number of para-hydroxylation sites is 1. The third kappa shape index (κ3) is 2.06. The van der Waals surface area contributed by atoms with Gasteiger partial charge in [-0.3, -0.25) is 0 Å². The number of benzene rings is 1. The highest BCUT2D eigenvalue weighted by Crippen LogP contribution is 2.37. The van der Waals surface area contributed by atoms with Gasteiger partial charge < -0.3 is 9.72 Å². The van der Waals surface area contributed by atoms with Crippen molar-refractivity contribution in [2.75, 3.05) is 6.61 Å². The molecule has 0 spiro atoms. The molecule has 0 saturated carbocycles. The number of rotatable bonds is 2. The van der Waals surface area contributed by atoms with Crippen molar-refractivity contribution in [1.82, 2.24) is 9.97 Å². The van der Waals surface area contributed by atoms with Crippen LogP contribution >= 0.6 is 12.2 Å². The highest BCUT2D eigenvalue weighted by Gasteiger charge is 2.19. The number of nitrogens with one attached hydrogen (secondary N) is 1. The minimum atomic E-state index is 0.668. The lowest BCUT2D eigenvalue weighted by Crippen LogP contribution is -2.00. The van der Waals surface area contributed by atoms with Gasteiger partial charge in [0.1, 0.15) is 16.2 Å². The van der Waals surface area contributed by atoms with Crippen LogP contribution in [0.2, 0.25) is 0 Å². The van der Waals surface area contributed by atoms with Crippen LogP contribution in [0, 0.1) is 11.6 Å². The summed E-state index contributed by atoms with van der Waals surface area (Å²) in [6.07, 6.45) is 1.82. The van der Waals surface area contributed by atoms with Crippen LogP contribution in [-0.2, 0) is 12.8 Å². The number of aromatic amines is 1. The van der Waals surface area contributed by atoms with E-state index in [0.29, 0.717) is 4.64 Å². The van der Waals surface area contributed by atoms with Crippen LogP contribution in [0.1, 0.15) is 23.9 Å². The molecule has 0 amide bonds. The monoisotopic (exact) mass is 272 g/mol. The fourth-order valence-electron chi connectivity index (χ4n) is 2.43. The molecule has 0 fully saturated rings. The van der Waals surface area contributed by atoms with E-state index < -0.39 is 0 Å². The lowest BCUT2D eigenvalue weighted by molar-refractivity contribution is 0.358. The number of fused-ring (bicyclic) bond motifs is 1. The van der Waals surface area contributed by atoms with Gasteiger partial charge in [0.05, 0.1) is 12.3 Å². The van der Waals surface area contributed by atoms with Crippen LogP contribution in [0.4, 0.5) is 0 Å². The molecule has 4 heteroatoms. The molecule has 3 nitrogen and oxygen atoms in total. The molecular formula is C15H16N2OS. The van der Waals surface area contributed by atoms with Crippen molar-refractivity contribution in [3.05, 3.63) is 39.8 Å². The Bertz CT molecular complexity index is 691. The fraction of sp³-hybridized carbons (Fsp3) is 0.333. The Morgan fingerprint density at radius 1 is 1.42 bits per heavy atom. The average molecular weight is 272 g/mol. The van der Waals surface area contributed by atoms with Crippen LogP contribution in [-0.4, -0.2) is 16.6 Å². The zero-order chi connectivity index (χ0) is 13.4. The predicted molar refractivity (Wildman–Crippen MR) is 78.2 cm³/mol. The number of nitrogens with zero attached hydrogens (tertiary/aromatic N) is 1. The number of aryl methyl sites for hydroxylation is 1. The first-order valence-electron chi connectivity index (χ1n) is 6.55. The van der Waals surface area contributed by atoms with Crippen molar-refractivity contribution < 1.29 is 4.74 Å². The average Bonchev–Trinajstić information content (AvgIpc) is 2.90. The van der Waals surface area contributed by atoms with Crippen LogP contribution in [0.5, 0.6) is 5.75 Å². The molecule has 0 atom stereocenters. The number of hydrogen-bond acceptors (Lipinski definition) is 3. The Morgan fingerprint density at radius 2 is 2.26 bits per heavy atom. The van der Waals surface area contributed by atoms with Gasteiger partial charge in [-0.05, 0) is 18.6 Å². The predicted octanol–water partition coefficient (Wildman–Crippen LogP) is 3.61. The van der Waals surface area contributed by atoms with E-state index in [1.807, 2.05) is 6.92 Å². The summed E-state index contributed by atoms with van der Waals surface area (Å²) in [6, 6.07) is 6.28.